The number of allylic oxidation sites excluding steroid dienone is 26. The summed E-state index contributed by atoms with van der Waals surface area (Å²) >= 11 is 0. The van der Waals surface area contributed by atoms with Crippen molar-refractivity contribution < 1.29 is 28.6 Å². The van der Waals surface area contributed by atoms with E-state index in [9.17, 15) is 14.4 Å². The molecule has 0 heterocycles. The van der Waals surface area contributed by atoms with Crippen molar-refractivity contribution in [3.63, 3.8) is 0 Å². The van der Waals surface area contributed by atoms with E-state index in [1.807, 2.05) is 0 Å². The Morgan fingerprint density at radius 1 is 0.260 bits per heavy atom. The van der Waals surface area contributed by atoms with Crippen molar-refractivity contribution in [1.29, 1.82) is 0 Å². The minimum atomic E-state index is -0.817. The molecule has 1 unspecified atom stereocenters. The summed E-state index contributed by atoms with van der Waals surface area (Å²) in [5.74, 6) is -0.979. The fraction of sp³-hybridized carbons (Fsp3) is 0.592. The maximum Gasteiger partial charge on any atom is 0.306 e. The summed E-state index contributed by atoms with van der Waals surface area (Å²) in [6, 6.07) is 0. The van der Waals surface area contributed by atoms with Crippen molar-refractivity contribution in [2.45, 2.75) is 258 Å². The van der Waals surface area contributed by atoms with Gasteiger partial charge in [-0.1, -0.05) is 249 Å². The Morgan fingerprint density at radius 3 is 0.740 bits per heavy atom. The van der Waals surface area contributed by atoms with Crippen LogP contribution < -0.4 is 0 Å². The molecule has 0 saturated carbocycles. The molecule has 0 fully saturated rings. The van der Waals surface area contributed by atoms with Gasteiger partial charge in [-0.2, -0.15) is 0 Å². The maximum atomic E-state index is 12.9. The lowest BCUT2D eigenvalue weighted by Gasteiger charge is -2.18. The molecule has 432 valence electrons. The second-order valence-electron chi connectivity index (χ2n) is 19.8. The lowest BCUT2D eigenvalue weighted by atomic mass is 10.0. The molecule has 0 amide bonds. The molecule has 77 heavy (non-hydrogen) atoms. The number of rotatable bonds is 54. The van der Waals surface area contributed by atoms with Crippen LogP contribution in [-0.2, 0) is 28.6 Å². The van der Waals surface area contributed by atoms with Crippen LogP contribution in [0.2, 0.25) is 0 Å². The fourth-order valence-corrected chi connectivity index (χ4v) is 7.98. The molecule has 0 radical (unpaired) electrons. The quantitative estimate of drug-likeness (QED) is 0.0261. The number of ether oxygens (including phenoxy) is 3. The Morgan fingerprint density at radius 2 is 0.468 bits per heavy atom. The van der Waals surface area contributed by atoms with Crippen LogP contribution in [-0.4, -0.2) is 37.2 Å². The zero-order valence-electron chi connectivity index (χ0n) is 49.4. The van der Waals surface area contributed by atoms with Gasteiger partial charge in [-0.3, -0.25) is 14.4 Å². The highest BCUT2D eigenvalue weighted by Gasteiger charge is 2.19. The summed E-state index contributed by atoms with van der Waals surface area (Å²) in [6.45, 7) is 6.24. The molecule has 0 rings (SSSR count). The molecule has 6 nitrogen and oxygen atoms in total. The highest BCUT2D eigenvalue weighted by atomic mass is 16.6. The first kappa shape index (κ1) is 72.0. The van der Waals surface area contributed by atoms with E-state index in [0.29, 0.717) is 19.3 Å². The van der Waals surface area contributed by atoms with Gasteiger partial charge in [0.15, 0.2) is 6.10 Å². The van der Waals surface area contributed by atoms with Crippen molar-refractivity contribution >= 4 is 17.9 Å². The molecular weight excluding hydrogens is 949 g/mol. The summed E-state index contributed by atoms with van der Waals surface area (Å²) in [7, 11) is 0. The summed E-state index contributed by atoms with van der Waals surface area (Å²) in [5.41, 5.74) is 0. The third-order valence-corrected chi connectivity index (χ3v) is 12.5. The van der Waals surface area contributed by atoms with E-state index in [0.717, 1.165) is 148 Å². The highest BCUT2D eigenvalue weighted by molar-refractivity contribution is 5.71. The molecule has 0 N–H and O–H groups in total. The first-order chi connectivity index (χ1) is 38.0. The molecule has 0 aromatic heterocycles. The number of esters is 3. The Labute approximate surface area is 473 Å². The second-order valence-corrected chi connectivity index (χ2v) is 19.8. The van der Waals surface area contributed by atoms with E-state index in [4.69, 9.17) is 14.2 Å². The molecule has 1 atom stereocenters. The molecule has 0 aliphatic heterocycles. The van der Waals surface area contributed by atoms with Crippen LogP contribution in [0.5, 0.6) is 0 Å². The minimum absolute atomic E-state index is 0.109. The molecule has 0 aliphatic rings. The third-order valence-electron chi connectivity index (χ3n) is 12.5. The molecule has 0 bridgehead atoms. The number of unbranched alkanes of at least 4 members (excludes halogenated alkanes) is 17. The van der Waals surface area contributed by atoms with Gasteiger partial charge in [-0.25, -0.2) is 0 Å². The molecule has 0 aliphatic carbocycles. The van der Waals surface area contributed by atoms with Crippen molar-refractivity contribution in [1.82, 2.24) is 0 Å². The Balaban J connectivity index is 4.41. The topological polar surface area (TPSA) is 78.9 Å². The van der Waals surface area contributed by atoms with Crippen LogP contribution in [0.1, 0.15) is 252 Å². The van der Waals surface area contributed by atoms with Gasteiger partial charge in [0.05, 0.1) is 0 Å². The summed E-state index contributed by atoms with van der Waals surface area (Å²) in [4.78, 5) is 38.3. The van der Waals surface area contributed by atoms with E-state index in [1.165, 1.54) is 57.8 Å². The van der Waals surface area contributed by atoms with E-state index in [1.54, 1.807) is 0 Å². The average molecular weight is 1060 g/mol. The maximum absolute atomic E-state index is 12.9. The lowest BCUT2D eigenvalue weighted by Crippen LogP contribution is -2.30. The van der Waals surface area contributed by atoms with Crippen molar-refractivity contribution in [2.24, 2.45) is 0 Å². The number of hydrogen-bond acceptors (Lipinski definition) is 6. The van der Waals surface area contributed by atoms with Gasteiger partial charge in [-0.15, -0.1) is 0 Å². The predicted octanol–water partition coefficient (Wildman–Crippen LogP) is 21.3. The van der Waals surface area contributed by atoms with Crippen LogP contribution in [0.15, 0.2) is 158 Å². The predicted molar refractivity (Wildman–Crippen MR) is 334 cm³/mol. The van der Waals surface area contributed by atoms with Gasteiger partial charge in [0.1, 0.15) is 13.2 Å². The van der Waals surface area contributed by atoms with Gasteiger partial charge in [0.25, 0.3) is 0 Å². The van der Waals surface area contributed by atoms with Crippen LogP contribution in [0.3, 0.4) is 0 Å². The molecule has 0 aromatic carbocycles. The Hall–Kier alpha value is -4.97. The van der Waals surface area contributed by atoms with E-state index in [2.05, 4.69) is 179 Å². The monoisotopic (exact) mass is 1060 g/mol. The van der Waals surface area contributed by atoms with Gasteiger partial charge in [-0.05, 0) is 141 Å². The summed E-state index contributed by atoms with van der Waals surface area (Å²) in [6.07, 6.45) is 92.5. The molecule has 6 heteroatoms. The molecule has 0 aromatic rings. The smallest absolute Gasteiger partial charge is 0.306 e. The SMILES string of the molecule is CC/C=C\C/C=C\C/C=C\C/C=C\C/C=C\CCCCCCCCCCCCCC(=O)OCC(COC(=O)CCCCC/C=C\C/C=C\C/C=C\CC)OC(=O)CCCCC/C=C\C/C=C\C/C=C\C/C=C\C/C=C\CC. The first-order valence-corrected chi connectivity index (χ1v) is 31.0. The van der Waals surface area contributed by atoms with Crippen LogP contribution in [0, 0.1) is 0 Å². The fourth-order valence-electron chi connectivity index (χ4n) is 7.98. The first-order valence-electron chi connectivity index (χ1n) is 31.0. The molecule has 0 saturated heterocycles. The third kappa shape index (κ3) is 61.8. The average Bonchev–Trinajstić information content (AvgIpc) is 3.43. The lowest BCUT2D eigenvalue weighted by molar-refractivity contribution is -0.167. The standard InChI is InChI=1S/C71H112O6/c1-4-7-10-13-16-19-22-25-27-29-31-32-33-34-35-36-37-38-40-41-43-46-49-52-55-58-61-64-70(73)76-67-68(66-75-69(72)63-60-57-54-51-48-45-24-21-18-15-12-9-6-3)77-71(74)65-62-59-56-53-50-47-44-42-39-30-28-26-23-20-17-14-11-8-5-2/h7-12,16-21,25-28,31-32,34-35,39,42,45,47-48,50,68H,4-6,13-15,22-24,29-30,33,36-38,40-41,43-44,46,49,51-67H2,1-3H3/b10-7-,11-8-,12-9-,19-16-,20-17-,21-18-,27-25-,28-26-,32-31-,35-34-,42-39-,48-45-,50-47-. The van der Waals surface area contributed by atoms with Crippen molar-refractivity contribution in [3.05, 3.63) is 158 Å². The highest BCUT2D eigenvalue weighted by Crippen LogP contribution is 2.14. The van der Waals surface area contributed by atoms with Crippen LogP contribution in [0.4, 0.5) is 0 Å². The Kier molecular flexibility index (Phi) is 59.5. The normalized spacial score (nSPS) is 13.2. The number of carbonyl (C=O) groups is 3. The van der Waals surface area contributed by atoms with Gasteiger partial charge >= 0.3 is 17.9 Å². The zero-order chi connectivity index (χ0) is 55.7. The van der Waals surface area contributed by atoms with E-state index >= 15 is 0 Å². The van der Waals surface area contributed by atoms with Crippen LogP contribution in [0.25, 0.3) is 0 Å². The minimum Gasteiger partial charge on any atom is -0.462 e. The Bertz CT molecular complexity index is 1740. The van der Waals surface area contributed by atoms with Crippen molar-refractivity contribution in [3.8, 4) is 0 Å². The van der Waals surface area contributed by atoms with Gasteiger partial charge < -0.3 is 14.2 Å². The summed E-state index contributed by atoms with van der Waals surface area (Å²) in [5, 5.41) is 0. The van der Waals surface area contributed by atoms with Crippen LogP contribution >= 0.6 is 0 Å². The summed E-state index contributed by atoms with van der Waals surface area (Å²) < 4.78 is 16.8. The van der Waals surface area contributed by atoms with Gasteiger partial charge in [0.2, 0.25) is 0 Å². The van der Waals surface area contributed by atoms with Gasteiger partial charge in [0, 0.05) is 19.3 Å². The largest absolute Gasteiger partial charge is 0.462 e. The number of hydrogen-bond donors (Lipinski definition) is 0. The van der Waals surface area contributed by atoms with Crippen molar-refractivity contribution in [2.75, 3.05) is 13.2 Å². The van der Waals surface area contributed by atoms with E-state index in [-0.39, 0.29) is 37.5 Å². The zero-order valence-corrected chi connectivity index (χ0v) is 49.4. The second kappa shape index (κ2) is 63.6. The van der Waals surface area contributed by atoms with E-state index < -0.39 is 6.10 Å². The molecule has 0 spiro atoms. The molecular formula is C71H112O6. The number of carbonyl (C=O) groups excluding carboxylic acids is 3.